The molecule has 0 aliphatic carbocycles. The van der Waals surface area contributed by atoms with E-state index in [0.717, 1.165) is 0 Å². The average Bonchev–Trinajstić information content (AvgIpc) is 2.45. The smallest absolute Gasteiger partial charge is 0.266 e. The van der Waals surface area contributed by atoms with Gasteiger partial charge in [-0.2, -0.15) is 5.26 Å². The van der Waals surface area contributed by atoms with Crippen molar-refractivity contribution in [1.29, 1.82) is 5.26 Å². The molecule has 21 heavy (non-hydrogen) atoms. The summed E-state index contributed by atoms with van der Waals surface area (Å²) in [6, 6.07) is 8.90. The lowest BCUT2D eigenvalue weighted by Gasteiger charge is -2.13. The van der Waals surface area contributed by atoms with Crippen LogP contribution in [0, 0.1) is 23.1 Å². The first-order valence-electron chi connectivity index (χ1n) is 6.57. The van der Waals surface area contributed by atoms with Crippen molar-refractivity contribution in [2.24, 2.45) is 5.92 Å². The van der Waals surface area contributed by atoms with Gasteiger partial charge in [0.1, 0.15) is 23.2 Å². The van der Waals surface area contributed by atoms with Gasteiger partial charge in [0.05, 0.1) is 12.3 Å². The molecule has 2 rings (SSSR count). The minimum Gasteiger partial charge on any atom is -0.493 e. The van der Waals surface area contributed by atoms with Gasteiger partial charge in [0.25, 0.3) is 5.56 Å². The molecule has 0 aliphatic rings. The molecule has 0 unspecified atom stereocenters. The predicted octanol–water partition coefficient (Wildman–Crippen LogP) is 3.09. The number of aromatic nitrogens is 1. The van der Waals surface area contributed by atoms with Crippen LogP contribution in [0.4, 0.5) is 4.39 Å². The zero-order valence-corrected chi connectivity index (χ0v) is 11.8. The SMILES string of the molecule is CC(C)COc1ccc(F)cc1-c1ccc(C#N)c(=O)[nH]1. The Morgan fingerprint density at radius 1 is 1.33 bits per heavy atom. The molecule has 1 heterocycles. The summed E-state index contributed by atoms with van der Waals surface area (Å²) >= 11 is 0. The number of aromatic amines is 1. The number of H-pyrrole nitrogens is 1. The van der Waals surface area contributed by atoms with E-state index in [4.69, 9.17) is 10.00 Å². The number of hydrogen-bond acceptors (Lipinski definition) is 3. The molecule has 0 spiro atoms. The lowest BCUT2D eigenvalue weighted by molar-refractivity contribution is 0.272. The Balaban J connectivity index is 2.47. The number of nitrogens with zero attached hydrogens (tertiary/aromatic N) is 1. The van der Waals surface area contributed by atoms with Crippen molar-refractivity contribution in [3.8, 4) is 23.1 Å². The first kappa shape index (κ1) is 14.8. The molecule has 5 heteroatoms. The fraction of sp³-hybridized carbons (Fsp3) is 0.250. The number of hydrogen-bond donors (Lipinski definition) is 1. The molecule has 0 radical (unpaired) electrons. The maximum atomic E-state index is 13.5. The Morgan fingerprint density at radius 3 is 2.71 bits per heavy atom. The standard InChI is InChI=1S/C16H15FN2O2/c1-10(2)9-21-15-6-4-12(17)7-13(15)14-5-3-11(8-18)16(20)19-14/h3-7,10H,9H2,1-2H3,(H,19,20). The van der Waals surface area contributed by atoms with Gasteiger partial charge in [-0.15, -0.1) is 0 Å². The highest BCUT2D eigenvalue weighted by Gasteiger charge is 2.11. The van der Waals surface area contributed by atoms with Crippen LogP contribution in [0.25, 0.3) is 11.3 Å². The van der Waals surface area contributed by atoms with E-state index in [1.165, 1.54) is 24.3 Å². The number of ether oxygens (including phenoxy) is 1. The van der Waals surface area contributed by atoms with E-state index in [1.54, 1.807) is 12.1 Å². The molecule has 108 valence electrons. The van der Waals surface area contributed by atoms with Crippen LogP contribution >= 0.6 is 0 Å². The van der Waals surface area contributed by atoms with Crippen LogP contribution in [-0.2, 0) is 0 Å². The summed E-state index contributed by atoms with van der Waals surface area (Å²) < 4.78 is 19.1. The van der Waals surface area contributed by atoms with Crippen LogP contribution in [0.5, 0.6) is 5.75 Å². The fourth-order valence-corrected chi connectivity index (χ4v) is 1.81. The molecule has 1 aromatic heterocycles. The van der Waals surface area contributed by atoms with Gasteiger partial charge in [-0.1, -0.05) is 13.8 Å². The highest BCUT2D eigenvalue weighted by Crippen LogP contribution is 2.29. The predicted molar refractivity (Wildman–Crippen MR) is 77.5 cm³/mol. The number of nitrogens with one attached hydrogen (secondary N) is 1. The second kappa shape index (κ2) is 6.23. The van der Waals surface area contributed by atoms with Crippen molar-refractivity contribution in [2.75, 3.05) is 6.61 Å². The molecular formula is C16H15FN2O2. The average molecular weight is 286 g/mol. The minimum absolute atomic E-state index is 0.0137. The maximum Gasteiger partial charge on any atom is 0.266 e. The molecule has 0 fully saturated rings. The molecular weight excluding hydrogens is 271 g/mol. The number of pyridine rings is 1. The summed E-state index contributed by atoms with van der Waals surface area (Å²) in [4.78, 5) is 14.3. The summed E-state index contributed by atoms with van der Waals surface area (Å²) in [5, 5.41) is 8.77. The minimum atomic E-state index is -0.505. The molecule has 4 nitrogen and oxygen atoms in total. The van der Waals surface area contributed by atoms with Gasteiger partial charge in [-0.05, 0) is 36.2 Å². The zero-order chi connectivity index (χ0) is 15.4. The molecule has 0 atom stereocenters. The molecule has 0 bridgehead atoms. The van der Waals surface area contributed by atoms with Gasteiger partial charge in [0.15, 0.2) is 0 Å². The number of halogens is 1. The van der Waals surface area contributed by atoms with E-state index < -0.39 is 11.4 Å². The first-order chi connectivity index (χ1) is 10.0. The maximum absolute atomic E-state index is 13.5. The van der Waals surface area contributed by atoms with E-state index in [2.05, 4.69) is 4.98 Å². The highest BCUT2D eigenvalue weighted by molar-refractivity contribution is 5.67. The highest BCUT2D eigenvalue weighted by atomic mass is 19.1. The largest absolute Gasteiger partial charge is 0.493 e. The summed E-state index contributed by atoms with van der Waals surface area (Å²) in [6.07, 6.45) is 0. The summed E-state index contributed by atoms with van der Waals surface area (Å²) in [5.41, 5.74) is 0.378. The van der Waals surface area contributed by atoms with Crippen LogP contribution in [0.3, 0.4) is 0 Å². The topological polar surface area (TPSA) is 65.9 Å². The zero-order valence-electron chi connectivity index (χ0n) is 11.8. The lowest BCUT2D eigenvalue weighted by Crippen LogP contribution is -2.11. The second-order valence-corrected chi connectivity index (χ2v) is 5.07. The Labute approximate surface area is 121 Å². The van der Waals surface area contributed by atoms with Crippen molar-refractivity contribution >= 4 is 0 Å². The van der Waals surface area contributed by atoms with Crippen molar-refractivity contribution in [2.45, 2.75) is 13.8 Å². The third kappa shape index (κ3) is 3.48. The second-order valence-electron chi connectivity index (χ2n) is 5.07. The molecule has 0 saturated carbocycles. The van der Waals surface area contributed by atoms with E-state index in [1.807, 2.05) is 13.8 Å². The summed E-state index contributed by atoms with van der Waals surface area (Å²) in [5.74, 6) is 0.389. The van der Waals surface area contributed by atoms with Crippen molar-refractivity contribution < 1.29 is 9.13 Å². The van der Waals surface area contributed by atoms with Crippen LogP contribution < -0.4 is 10.3 Å². The van der Waals surface area contributed by atoms with E-state index in [0.29, 0.717) is 29.5 Å². The number of rotatable bonds is 4. The monoisotopic (exact) mass is 286 g/mol. The Hall–Kier alpha value is -2.61. The van der Waals surface area contributed by atoms with Gasteiger partial charge in [0, 0.05) is 5.56 Å². The van der Waals surface area contributed by atoms with Gasteiger partial charge < -0.3 is 9.72 Å². The molecule has 1 aromatic carbocycles. The third-order valence-electron chi connectivity index (χ3n) is 2.83. The van der Waals surface area contributed by atoms with E-state index >= 15 is 0 Å². The van der Waals surface area contributed by atoms with Crippen molar-refractivity contribution in [1.82, 2.24) is 4.98 Å². The normalized spacial score (nSPS) is 10.4. The Bertz CT molecular complexity index is 745. The Kier molecular flexibility index (Phi) is 4.39. The van der Waals surface area contributed by atoms with Crippen molar-refractivity contribution in [3.63, 3.8) is 0 Å². The summed E-state index contributed by atoms with van der Waals surface area (Å²) in [6.45, 7) is 4.50. The van der Waals surface area contributed by atoms with Crippen LogP contribution in [0.2, 0.25) is 0 Å². The molecule has 1 N–H and O–H groups in total. The number of nitriles is 1. The van der Waals surface area contributed by atoms with Gasteiger partial charge in [0.2, 0.25) is 0 Å². The van der Waals surface area contributed by atoms with Gasteiger partial charge in [-0.25, -0.2) is 4.39 Å². The molecule has 2 aromatic rings. The molecule has 0 saturated heterocycles. The quantitative estimate of drug-likeness (QED) is 0.939. The van der Waals surface area contributed by atoms with Crippen molar-refractivity contribution in [3.05, 3.63) is 52.1 Å². The van der Waals surface area contributed by atoms with Crippen LogP contribution in [0.1, 0.15) is 19.4 Å². The fourth-order valence-electron chi connectivity index (χ4n) is 1.81. The van der Waals surface area contributed by atoms with Crippen LogP contribution in [0.15, 0.2) is 35.1 Å². The summed E-state index contributed by atoms with van der Waals surface area (Å²) in [7, 11) is 0. The first-order valence-corrected chi connectivity index (χ1v) is 6.57. The lowest BCUT2D eigenvalue weighted by atomic mass is 10.1. The van der Waals surface area contributed by atoms with E-state index in [9.17, 15) is 9.18 Å². The molecule has 0 amide bonds. The third-order valence-corrected chi connectivity index (χ3v) is 2.83. The van der Waals surface area contributed by atoms with E-state index in [-0.39, 0.29) is 5.56 Å². The number of benzene rings is 1. The van der Waals surface area contributed by atoms with Gasteiger partial charge >= 0.3 is 0 Å². The molecule has 0 aliphatic heterocycles. The van der Waals surface area contributed by atoms with Gasteiger partial charge in [-0.3, -0.25) is 4.79 Å². The Morgan fingerprint density at radius 2 is 2.10 bits per heavy atom. The van der Waals surface area contributed by atoms with Crippen LogP contribution in [-0.4, -0.2) is 11.6 Å².